The van der Waals surface area contributed by atoms with Gasteiger partial charge in [-0.1, -0.05) is 13.8 Å². The van der Waals surface area contributed by atoms with Crippen molar-refractivity contribution < 1.29 is 9.53 Å². The Bertz CT molecular complexity index is 860. The molecule has 0 bridgehead atoms. The summed E-state index contributed by atoms with van der Waals surface area (Å²) in [5.41, 5.74) is 1.28. The Hall–Kier alpha value is -2.81. The average molecular weight is 372 g/mol. The normalized spacial score (nSPS) is 15.6. The number of morpholine rings is 1. The molecule has 1 saturated heterocycles. The van der Waals surface area contributed by atoms with Crippen LogP contribution in [0.1, 0.15) is 41.6 Å². The third-order valence-electron chi connectivity index (χ3n) is 4.49. The number of aryl methyl sites for hydroxylation is 1. The van der Waals surface area contributed by atoms with Crippen LogP contribution < -0.4 is 15.8 Å². The van der Waals surface area contributed by atoms with Gasteiger partial charge in [0.2, 0.25) is 5.95 Å². The third kappa shape index (κ3) is 4.48. The summed E-state index contributed by atoms with van der Waals surface area (Å²) in [5, 5.41) is 2.97. The van der Waals surface area contributed by atoms with Gasteiger partial charge < -0.3 is 15.0 Å². The van der Waals surface area contributed by atoms with Crippen molar-refractivity contribution >= 4 is 11.9 Å². The van der Waals surface area contributed by atoms with Crippen molar-refractivity contribution in [2.75, 3.05) is 31.2 Å². The highest BCUT2D eigenvalue weighted by Crippen LogP contribution is 2.21. The zero-order chi connectivity index (χ0) is 19.4. The van der Waals surface area contributed by atoms with Gasteiger partial charge in [0.25, 0.3) is 11.5 Å². The van der Waals surface area contributed by atoms with E-state index >= 15 is 0 Å². The minimum Gasteiger partial charge on any atom is -0.378 e. The SMILES string of the molecule is Cc1ncncc1C(=O)N[C@@H](c1cc(=O)[nH]c(N2CCOCC2)n1)C(C)C. The largest absolute Gasteiger partial charge is 0.378 e. The molecule has 0 spiro atoms. The predicted molar refractivity (Wildman–Crippen MR) is 99.7 cm³/mol. The minimum absolute atomic E-state index is 0.0331. The van der Waals surface area contributed by atoms with E-state index in [0.717, 1.165) is 0 Å². The van der Waals surface area contributed by atoms with Crippen LogP contribution in [0.2, 0.25) is 0 Å². The van der Waals surface area contributed by atoms with Crippen LogP contribution in [0.4, 0.5) is 5.95 Å². The average Bonchev–Trinajstić information content (AvgIpc) is 2.66. The molecule has 9 heteroatoms. The highest BCUT2D eigenvalue weighted by molar-refractivity contribution is 5.95. The summed E-state index contributed by atoms with van der Waals surface area (Å²) >= 11 is 0. The Labute approximate surface area is 157 Å². The summed E-state index contributed by atoms with van der Waals surface area (Å²) in [6.45, 7) is 8.19. The van der Waals surface area contributed by atoms with E-state index in [1.54, 1.807) is 6.92 Å². The van der Waals surface area contributed by atoms with Crippen LogP contribution in [0.3, 0.4) is 0 Å². The third-order valence-corrected chi connectivity index (χ3v) is 4.49. The quantitative estimate of drug-likeness (QED) is 0.799. The van der Waals surface area contributed by atoms with Crippen LogP contribution in [-0.4, -0.2) is 52.1 Å². The van der Waals surface area contributed by atoms with E-state index in [2.05, 4.69) is 25.3 Å². The zero-order valence-electron chi connectivity index (χ0n) is 15.7. The Balaban J connectivity index is 1.88. The number of amides is 1. The second kappa shape index (κ2) is 8.26. The minimum atomic E-state index is -0.417. The van der Waals surface area contributed by atoms with Crippen molar-refractivity contribution in [2.45, 2.75) is 26.8 Å². The van der Waals surface area contributed by atoms with Crippen LogP contribution in [0.25, 0.3) is 0 Å². The van der Waals surface area contributed by atoms with Crippen molar-refractivity contribution in [3.05, 3.63) is 45.9 Å². The predicted octanol–water partition coefficient (Wildman–Crippen LogP) is 0.832. The maximum absolute atomic E-state index is 12.7. The summed E-state index contributed by atoms with van der Waals surface area (Å²) in [4.78, 5) is 42.2. The van der Waals surface area contributed by atoms with Crippen LogP contribution >= 0.6 is 0 Å². The molecule has 2 N–H and O–H groups in total. The number of anilines is 1. The number of H-pyrrole nitrogens is 1. The molecule has 0 unspecified atom stereocenters. The molecule has 3 rings (SSSR count). The van der Waals surface area contributed by atoms with Gasteiger partial charge >= 0.3 is 0 Å². The first-order valence-corrected chi connectivity index (χ1v) is 8.97. The smallest absolute Gasteiger partial charge is 0.255 e. The van der Waals surface area contributed by atoms with Gasteiger partial charge in [0.15, 0.2) is 0 Å². The Kier molecular flexibility index (Phi) is 5.80. The summed E-state index contributed by atoms with van der Waals surface area (Å²) in [6.07, 6.45) is 2.89. The van der Waals surface area contributed by atoms with E-state index in [4.69, 9.17) is 4.74 Å². The monoisotopic (exact) mass is 372 g/mol. The van der Waals surface area contributed by atoms with E-state index in [9.17, 15) is 9.59 Å². The van der Waals surface area contributed by atoms with Crippen LogP contribution in [-0.2, 0) is 4.74 Å². The molecule has 0 saturated carbocycles. The summed E-state index contributed by atoms with van der Waals surface area (Å²) in [5.74, 6) is 0.243. The van der Waals surface area contributed by atoms with Gasteiger partial charge in [0.05, 0.1) is 36.2 Å². The van der Waals surface area contributed by atoms with Crippen LogP contribution in [0.5, 0.6) is 0 Å². The van der Waals surface area contributed by atoms with Crippen molar-refractivity contribution in [1.82, 2.24) is 25.3 Å². The first kappa shape index (κ1) is 19.0. The van der Waals surface area contributed by atoms with E-state index in [1.165, 1.54) is 18.6 Å². The summed E-state index contributed by atoms with van der Waals surface area (Å²) in [7, 11) is 0. The van der Waals surface area contributed by atoms with Gasteiger partial charge in [0.1, 0.15) is 6.33 Å². The number of hydrogen-bond donors (Lipinski definition) is 2. The van der Waals surface area contributed by atoms with Crippen LogP contribution in [0.15, 0.2) is 23.4 Å². The number of nitrogens with zero attached hydrogens (tertiary/aromatic N) is 4. The molecule has 0 aromatic carbocycles. The van der Waals surface area contributed by atoms with E-state index < -0.39 is 6.04 Å². The highest BCUT2D eigenvalue weighted by atomic mass is 16.5. The highest BCUT2D eigenvalue weighted by Gasteiger charge is 2.24. The molecule has 0 radical (unpaired) electrons. The lowest BCUT2D eigenvalue weighted by atomic mass is 10.00. The van der Waals surface area contributed by atoms with Crippen molar-refractivity contribution in [1.29, 1.82) is 0 Å². The van der Waals surface area contributed by atoms with Gasteiger partial charge in [-0.2, -0.15) is 0 Å². The first-order valence-electron chi connectivity index (χ1n) is 8.97. The number of aromatic nitrogens is 4. The summed E-state index contributed by atoms with van der Waals surface area (Å²) in [6, 6.07) is 1.02. The molecule has 3 heterocycles. The van der Waals surface area contributed by atoms with E-state index in [-0.39, 0.29) is 17.4 Å². The number of carbonyl (C=O) groups is 1. The fourth-order valence-corrected chi connectivity index (χ4v) is 2.96. The molecule has 1 aliphatic rings. The molecule has 0 aliphatic carbocycles. The number of nitrogens with one attached hydrogen (secondary N) is 2. The second-order valence-electron chi connectivity index (χ2n) is 6.81. The standard InChI is InChI=1S/C18H24N6O3/c1-11(2)16(23-17(26)13-9-19-10-20-12(13)3)14-8-15(25)22-18(21-14)24-4-6-27-7-5-24/h8-11,16H,4-7H2,1-3H3,(H,23,26)(H,21,22,25)/t16-/m1/s1. The molecule has 2 aromatic heterocycles. The molecular formula is C18H24N6O3. The number of carbonyl (C=O) groups excluding carboxylic acids is 1. The Morgan fingerprint density at radius 2 is 2.07 bits per heavy atom. The number of hydrogen-bond acceptors (Lipinski definition) is 7. The molecular weight excluding hydrogens is 348 g/mol. The zero-order valence-corrected chi connectivity index (χ0v) is 15.7. The Morgan fingerprint density at radius 3 is 2.74 bits per heavy atom. The van der Waals surface area contributed by atoms with E-state index in [0.29, 0.717) is 49.2 Å². The molecule has 1 amide bonds. The number of rotatable bonds is 5. The molecule has 27 heavy (non-hydrogen) atoms. The van der Waals surface area contributed by atoms with Gasteiger partial charge in [-0.25, -0.2) is 15.0 Å². The van der Waals surface area contributed by atoms with Crippen LogP contribution in [0, 0.1) is 12.8 Å². The van der Waals surface area contributed by atoms with Crippen molar-refractivity contribution in [3.63, 3.8) is 0 Å². The lowest BCUT2D eigenvalue weighted by Gasteiger charge is -2.28. The molecule has 1 aliphatic heterocycles. The molecule has 1 atom stereocenters. The second-order valence-corrected chi connectivity index (χ2v) is 6.81. The van der Waals surface area contributed by atoms with Gasteiger partial charge in [-0.3, -0.25) is 14.6 Å². The van der Waals surface area contributed by atoms with Gasteiger partial charge in [0, 0.05) is 25.4 Å². The maximum Gasteiger partial charge on any atom is 0.255 e. The molecule has 144 valence electrons. The number of aromatic amines is 1. The van der Waals surface area contributed by atoms with Gasteiger partial charge in [-0.05, 0) is 12.8 Å². The lowest BCUT2D eigenvalue weighted by molar-refractivity contribution is 0.0923. The summed E-state index contributed by atoms with van der Waals surface area (Å²) < 4.78 is 5.35. The number of ether oxygens (including phenoxy) is 1. The van der Waals surface area contributed by atoms with Gasteiger partial charge in [-0.15, -0.1) is 0 Å². The van der Waals surface area contributed by atoms with E-state index in [1.807, 2.05) is 18.7 Å². The van der Waals surface area contributed by atoms with Crippen molar-refractivity contribution in [3.8, 4) is 0 Å². The topological polar surface area (TPSA) is 113 Å². The lowest BCUT2D eigenvalue weighted by Crippen LogP contribution is -2.39. The molecule has 9 nitrogen and oxygen atoms in total. The first-order chi connectivity index (χ1) is 13.0. The molecule has 2 aromatic rings. The fourth-order valence-electron chi connectivity index (χ4n) is 2.96. The maximum atomic E-state index is 12.7. The van der Waals surface area contributed by atoms with Crippen molar-refractivity contribution in [2.24, 2.45) is 5.92 Å². The Morgan fingerprint density at radius 1 is 1.33 bits per heavy atom. The molecule has 1 fully saturated rings. The fraction of sp³-hybridized carbons (Fsp3) is 0.500.